The highest BCUT2D eigenvalue weighted by Crippen LogP contribution is 2.26. The van der Waals surface area contributed by atoms with Crippen LogP contribution in [0.5, 0.6) is 0 Å². The zero-order chi connectivity index (χ0) is 21.2. The number of carbonyl (C=O) groups is 3. The molecule has 0 radical (unpaired) electrons. The second-order valence-corrected chi connectivity index (χ2v) is 6.68. The summed E-state index contributed by atoms with van der Waals surface area (Å²) in [5.74, 6) is 5.96. The first-order valence-electron chi connectivity index (χ1n) is 9.54. The fraction of sp³-hybridized carbons (Fsp3) is 0.429. The number of rotatable bonds is 8. The molecule has 0 bridgehead atoms. The first-order valence-corrected chi connectivity index (χ1v) is 9.54. The van der Waals surface area contributed by atoms with Gasteiger partial charge in [-0.25, -0.2) is 4.79 Å². The van der Waals surface area contributed by atoms with Gasteiger partial charge in [-0.15, -0.1) is 12.3 Å². The average molecular weight is 398 g/mol. The highest BCUT2D eigenvalue weighted by molar-refractivity contribution is 5.98. The monoisotopic (exact) mass is 398 g/mol. The van der Waals surface area contributed by atoms with E-state index in [0.717, 1.165) is 17.7 Å². The molecule has 0 aliphatic carbocycles. The Bertz CT molecular complexity index is 798. The van der Waals surface area contributed by atoms with Gasteiger partial charge in [-0.3, -0.25) is 9.59 Å². The maximum atomic E-state index is 12.9. The zero-order valence-corrected chi connectivity index (χ0v) is 16.5. The van der Waals surface area contributed by atoms with Crippen LogP contribution >= 0.6 is 0 Å². The number of anilines is 1. The summed E-state index contributed by atoms with van der Waals surface area (Å²) in [4.78, 5) is 38.9. The zero-order valence-electron chi connectivity index (χ0n) is 16.5. The molecule has 2 rings (SSSR count). The number of hydrogen-bond acceptors (Lipinski definition) is 6. The number of piperidine rings is 1. The first kappa shape index (κ1) is 22.0. The third-order valence-corrected chi connectivity index (χ3v) is 4.64. The Morgan fingerprint density at radius 1 is 1.45 bits per heavy atom. The molecule has 0 spiro atoms. The van der Waals surface area contributed by atoms with Crippen LogP contribution in [0, 0.1) is 18.3 Å². The molecule has 1 aliphatic heterocycles. The largest absolute Gasteiger partial charge is 0.464 e. The summed E-state index contributed by atoms with van der Waals surface area (Å²) in [7, 11) is 0. The van der Waals surface area contributed by atoms with E-state index in [1.165, 1.54) is 6.21 Å². The van der Waals surface area contributed by atoms with Crippen LogP contribution in [0.4, 0.5) is 5.69 Å². The Balaban J connectivity index is 2.01. The standard InChI is InChI=1S/C21H26N4O4/c1-3-6-18(21(28)29-4-2)24-19(26)13-16-7-5-12-25(20(16)27)17-10-8-15(9-11-17)14-23-22/h1,8-11,14,16,18H,4-7,12-13,22H2,2H3,(H,24,26). The summed E-state index contributed by atoms with van der Waals surface area (Å²) in [5, 5.41) is 6.07. The van der Waals surface area contributed by atoms with Crippen molar-refractivity contribution in [1.82, 2.24) is 5.32 Å². The maximum absolute atomic E-state index is 12.9. The molecule has 1 aliphatic rings. The summed E-state index contributed by atoms with van der Waals surface area (Å²) in [6.07, 6.45) is 8.21. The number of ether oxygens (including phenoxy) is 1. The molecule has 2 unspecified atom stereocenters. The van der Waals surface area contributed by atoms with E-state index in [2.05, 4.69) is 16.3 Å². The van der Waals surface area contributed by atoms with Crippen LogP contribution in [0.15, 0.2) is 29.4 Å². The minimum atomic E-state index is -0.904. The van der Waals surface area contributed by atoms with Gasteiger partial charge in [0.1, 0.15) is 6.04 Å². The van der Waals surface area contributed by atoms with E-state index < -0.39 is 23.8 Å². The smallest absolute Gasteiger partial charge is 0.329 e. The Morgan fingerprint density at radius 3 is 2.79 bits per heavy atom. The van der Waals surface area contributed by atoms with Crippen LogP contribution in [-0.4, -0.2) is 43.2 Å². The normalized spacial score (nSPS) is 17.6. The SMILES string of the molecule is C#CCC(NC(=O)CC1CCCN(c2ccc(C=NN)cc2)C1=O)C(=O)OCC. The summed E-state index contributed by atoms with van der Waals surface area (Å²) in [6.45, 7) is 2.46. The lowest BCUT2D eigenvalue weighted by molar-refractivity contribution is -0.147. The van der Waals surface area contributed by atoms with Crippen molar-refractivity contribution in [2.75, 3.05) is 18.1 Å². The molecule has 154 valence electrons. The third kappa shape index (κ3) is 6.07. The minimum absolute atomic E-state index is 0.00623. The fourth-order valence-corrected chi connectivity index (χ4v) is 3.25. The van der Waals surface area contributed by atoms with Gasteiger partial charge in [0, 0.05) is 31.0 Å². The second kappa shape index (κ2) is 10.9. The first-order chi connectivity index (χ1) is 14.0. The lowest BCUT2D eigenvalue weighted by Crippen LogP contribution is -2.46. The molecule has 0 saturated carbocycles. The van der Waals surface area contributed by atoms with Crippen molar-refractivity contribution in [1.29, 1.82) is 0 Å². The van der Waals surface area contributed by atoms with Gasteiger partial charge >= 0.3 is 5.97 Å². The summed E-state index contributed by atoms with van der Waals surface area (Å²) >= 11 is 0. The predicted molar refractivity (Wildman–Crippen MR) is 110 cm³/mol. The number of nitrogens with zero attached hydrogens (tertiary/aromatic N) is 2. The summed E-state index contributed by atoms with van der Waals surface area (Å²) < 4.78 is 4.93. The lowest BCUT2D eigenvalue weighted by Gasteiger charge is -2.32. The Labute approximate surface area is 170 Å². The van der Waals surface area contributed by atoms with Crippen molar-refractivity contribution in [3.05, 3.63) is 29.8 Å². The van der Waals surface area contributed by atoms with E-state index in [0.29, 0.717) is 13.0 Å². The van der Waals surface area contributed by atoms with Gasteiger partial charge in [0.15, 0.2) is 0 Å². The number of carbonyl (C=O) groups excluding carboxylic acids is 3. The molecule has 1 heterocycles. The van der Waals surface area contributed by atoms with E-state index >= 15 is 0 Å². The number of nitrogens with one attached hydrogen (secondary N) is 1. The molecule has 1 aromatic rings. The quantitative estimate of drug-likeness (QED) is 0.224. The van der Waals surface area contributed by atoms with Crippen LogP contribution in [0.1, 0.15) is 38.2 Å². The molecular formula is C21H26N4O4. The number of benzene rings is 1. The lowest BCUT2D eigenvalue weighted by atomic mass is 9.92. The summed E-state index contributed by atoms with van der Waals surface area (Å²) in [5.41, 5.74) is 1.58. The number of esters is 1. The van der Waals surface area contributed by atoms with Gasteiger partial charge in [-0.1, -0.05) is 12.1 Å². The number of hydrazone groups is 1. The number of hydrogen-bond donors (Lipinski definition) is 2. The topological polar surface area (TPSA) is 114 Å². The maximum Gasteiger partial charge on any atom is 0.329 e. The molecule has 3 N–H and O–H groups in total. The van der Waals surface area contributed by atoms with Gasteiger partial charge in [-0.05, 0) is 37.5 Å². The van der Waals surface area contributed by atoms with E-state index in [-0.39, 0.29) is 25.4 Å². The number of amides is 2. The van der Waals surface area contributed by atoms with Crippen molar-refractivity contribution in [2.45, 2.75) is 38.6 Å². The molecule has 29 heavy (non-hydrogen) atoms. The van der Waals surface area contributed by atoms with Crippen LogP contribution in [-0.2, 0) is 19.1 Å². The molecule has 8 heteroatoms. The molecule has 1 fully saturated rings. The van der Waals surface area contributed by atoms with E-state index in [9.17, 15) is 14.4 Å². The van der Waals surface area contributed by atoms with Gasteiger partial charge in [0.2, 0.25) is 11.8 Å². The molecule has 0 aromatic heterocycles. The molecule has 1 aromatic carbocycles. The molecule has 8 nitrogen and oxygen atoms in total. The van der Waals surface area contributed by atoms with Gasteiger partial charge in [-0.2, -0.15) is 5.10 Å². The average Bonchev–Trinajstić information content (AvgIpc) is 2.70. The van der Waals surface area contributed by atoms with Crippen molar-refractivity contribution in [2.24, 2.45) is 16.9 Å². The minimum Gasteiger partial charge on any atom is -0.464 e. The van der Waals surface area contributed by atoms with Crippen molar-refractivity contribution >= 4 is 29.7 Å². The van der Waals surface area contributed by atoms with Gasteiger partial charge < -0.3 is 20.8 Å². The second-order valence-electron chi connectivity index (χ2n) is 6.68. The third-order valence-electron chi connectivity index (χ3n) is 4.64. The van der Waals surface area contributed by atoms with Crippen molar-refractivity contribution in [3.63, 3.8) is 0 Å². The van der Waals surface area contributed by atoms with Crippen LogP contribution in [0.2, 0.25) is 0 Å². The Kier molecular flexibility index (Phi) is 8.22. The fourth-order valence-electron chi connectivity index (χ4n) is 3.25. The van der Waals surface area contributed by atoms with Gasteiger partial charge in [0.25, 0.3) is 0 Å². The Morgan fingerprint density at radius 2 is 2.17 bits per heavy atom. The highest BCUT2D eigenvalue weighted by atomic mass is 16.5. The molecular weight excluding hydrogens is 372 g/mol. The summed E-state index contributed by atoms with van der Waals surface area (Å²) in [6, 6.07) is 6.37. The van der Waals surface area contributed by atoms with Crippen LogP contribution in [0.3, 0.4) is 0 Å². The van der Waals surface area contributed by atoms with E-state index in [4.69, 9.17) is 17.0 Å². The predicted octanol–water partition coefficient (Wildman–Crippen LogP) is 1.18. The number of nitrogens with two attached hydrogens (primary N) is 1. The molecule has 1 saturated heterocycles. The highest BCUT2D eigenvalue weighted by Gasteiger charge is 2.32. The van der Waals surface area contributed by atoms with E-state index in [1.54, 1.807) is 11.8 Å². The molecule has 2 amide bonds. The number of terminal acetylenes is 1. The Hall–Kier alpha value is -3.34. The van der Waals surface area contributed by atoms with Crippen LogP contribution in [0.25, 0.3) is 0 Å². The van der Waals surface area contributed by atoms with Crippen molar-refractivity contribution in [3.8, 4) is 12.3 Å². The van der Waals surface area contributed by atoms with E-state index in [1.807, 2.05) is 24.3 Å². The van der Waals surface area contributed by atoms with Crippen molar-refractivity contribution < 1.29 is 19.1 Å². The molecule has 2 atom stereocenters. The van der Waals surface area contributed by atoms with Crippen LogP contribution < -0.4 is 16.1 Å². The van der Waals surface area contributed by atoms with Gasteiger partial charge in [0.05, 0.1) is 12.8 Å².